The molecular formula is AlCl6Fe-. The molecule has 0 aromatic rings. The molecule has 0 fully saturated rings. The van der Waals surface area contributed by atoms with Crippen LogP contribution in [0.3, 0.4) is 0 Å². The van der Waals surface area contributed by atoms with Crippen molar-refractivity contribution in [2.24, 2.45) is 0 Å². The predicted molar refractivity (Wildman–Crippen MR) is 5.75 cm³/mol. The summed E-state index contributed by atoms with van der Waals surface area (Å²) in [6.07, 6.45) is 0. The van der Waals surface area contributed by atoms with Gasteiger partial charge in [0.05, 0.1) is 0 Å². The van der Waals surface area contributed by atoms with Crippen molar-refractivity contribution in [1.29, 1.82) is 0 Å². The van der Waals surface area contributed by atoms with Gasteiger partial charge in [0.1, 0.15) is 0 Å². The maximum atomic E-state index is 0. The van der Waals surface area contributed by atoms with Gasteiger partial charge in [-0.3, -0.25) is 0 Å². The molecule has 54 valence electrons. The van der Waals surface area contributed by atoms with E-state index in [0.717, 1.165) is 0 Å². The summed E-state index contributed by atoms with van der Waals surface area (Å²) in [6, 6.07) is 0. The summed E-state index contributed by atoms with van der Waals surface area (Å²) in [5.41, 5.74) is 0. The first-order chi connectivity index (χ1) is 0. The second-order valence-corrected chi connectivity index (χ2v) is 0. The minimum Gasteiger partial charge on any atom is -1.00 e. The molecule has 0 rings (SSSR count). The standard InChI is InChI=1S/Al.6ClH.Fe/h;6*1H;/q+3;;;;;;;+2/p-6. The Hall–Kier alpha value is 2.79. The normalized spacial score (nSPS) is 0. The molecule has 0 nitrogen and oxygen atoms in total. The van der Waals surface area contributed by atoms with Crippen molar-refractivity contribution in [2.45, 2.75) is 0 Å². The van der Waals surface area contributed by atoms with Crippen molar-refractivity contribution in [3.63, 3.8) is 0 Å². The topological polar surface area (TPSA) is 0 Å². The molecule has 0 atom stereocenters. The largest absolute Gasteiger partial charge is 3.00 e. The Morgan fingerprint density at radius 2 is 0.375 bits per heavy atom. The summed E-state index contributed by atoms with van der Waals surface area (Å²) < 4.78 is 0. The van der Waals surface area contributed by atoms with Gasteiger partial charge < -0.3 is 74.4 Å². The fourth-order valence-electron chi connectivity index (χ4n) is 0. The molecule has 0 aromatic carbocycles. The summed E-state index contributed by atoms with van der Waals surface area (Å²) >= 11 is 0. The van der Waals surface area contributed by atoms with Crippen molar-refractivity contribution >= 4 is 17.4 Å². The first-order valence-electron chi connectivity index (χ1n) is 0. The Morgan fingerprint density at radius 3 is 0.375 bits per heavy atom. The molecule has 0 radical (unpaired) electrons. The molecule has 0 spiro atoms. The fourth-order valence-corrected chi connectivity index (χ4v) is 0. The van der Waals surface area contributed by atoms with Crippen LogP contribution < -0.4 is 74.4 Å². The van der Waals surface area contributed by atoms with Gasteiger partial charge in [0.25, 0.3) is 0 Å². The zero-order valence-corrected chi connectivity index (χ0v) is 9.99. The maximum Gasteiger partial charge on any atom is 3.00 e. The van der Waals surface area contributed by atoms with Crippen LogP contribution in [0.2, 0.25) is 0 Å². The Morgan fingerprint density at radius 1 is 0.375 bits per heavy atom. The maximum absolute atomic E-state index is 0. The Bertz CT molecular complexity index is 8.49. The van der Waals surface area contributed by atoms with Crippen molar-refractivity contribution < 1.29 is 91.5 Å². The molecule has 0 amide bonds. The van der Waals surface area contributed by atoms with Crippen LogP contribution in [-0.2, 0) is 17.1 Å². The van der Waals surface area contributed by atoms with E-state index in [0.29, 0.717) is 0 Å². The molecule has 0 aliphatic heterocycles. The summed E-state index contributed by atoms with van der Waals surface area (Å²) in [5, 5.41) is 0. The summed E-state index contributed by atoms with van der Waals surface area (Å²) in [4.78, 5) is 0. The van der Waals surface area contributed by atoms with Gasteiger partial charge in [0, 0.05) is 0 Å². The van der Waals surface area contributed by atoms with Crippen LogP contribution in [0.15, 0.2) is 0 Å². The average molecular weight is 296 g/mol. The van der Waals surface area contributed by atoms with Gasteiger partial charge in [0.2, 0.25) is 0 Å². The summed E-state index contributed by atoms with van der Waals surface area (Å²) in [5.74, 6) is 0. The molecule has 0 aromatic heterocycles. The van der Waals surface area contributed by atoms with E-state index in [9.17, 15) is 0 Å². The Balaban J connectivity index is 0. The molecular weight excluding hydrogens is 296 g/mol. The fraction of sp³-hybridized carbons (Fsp3) is 0. The van der Waals surface area contributed by atoms with Gasteiger partial charge in [-0.05, 0) is 0 Å². The minimum absolute atomic E-state index is 0. The van der Waals surface area contributed by atoms with E-state index < -0.39 is 0 Å². The van der Waals surface area contributed by atoms with E-state index in [1.807, 2.05) is 0 Å². The third-order valence-electron chi connectivity index (χ3n) is 0. The Labute approximate surface area is 108 Å². The second-order valence-electron chi connectivity index (χ2n) is 0. The SMILES string of the molecule is [Al+3].[Cl-].[Cl-].[Cl-].[Cl-].[Cl-].[Cl-].[Fe+2]. The van der Waals surface area contributed by atoms with Crippen molar-refractivity contribution in [2.75, 3.05) is 0 Å². The summed E-state index contributed by atoms with van der Waals surface area (Å²) in [7, 11) is 0. The smallest absolute Gasteiger partial charge is 1.00 e. The van der Waals surface area contributed by atoms with Crippen LogP contribution in [0.25, 0.3) is 0 Å². The van der Waals surface area contributed by atoms with Crippen LogP contribution in [0.1, 0.15) is 0 Å². The predicted octanol–water partition coefficient (Wildman–Crippen LogP) is -18.4. The number of hydrogen-bond donors (Lipinski definition) is 0. The van der Waals surface area contributed by atoms with E-state index in [-0.39, 0.29) is 109 Å². The van der Waals surface area contributed by atoms with Crippen molar-refractivity contribution in [1.82, 2.24) is 0 Å². The van der Waals surface area contributed by atoms with Gasteiger partial charge >= 0.3 is 34.4 Å². The molecule has 0 N–H and O–H groups in total. The minimum atomic E-state index is 0. The molecule has 0 saturated carbocycles. The molecule has 0 heterocycles. The molecule has 0 bridgehead atoms. The van der Waals surface area contributed by atoms with Gasteiger partial charge in [-0.25, -0.2) is 0 Å². The molecule has 0 unspecified atom stereocenters. The number of halogens is 6. The van der Waals surface area contributed by atoms with Gasteiger partial charge in [-0.1, -0.05) is 0 Å². The first kappa shape index (κ1) is 133. The van der Waals surface area contributed by atoms with E-state index >= 15 is 0 Å². The zero-order chi connectivity index (χ0) is 0. The van der Waals surface area contributed by atoms with E-state index in [1.165, 1.54) is 0 Å². The summed E-state index contributed by atoms with van der Waals surface area (Å²) in [6.45, 7) is 0. The second kappa shape index (κ2) is 97.1. The van der Waals surface area contributed by atoms with Gasteiger partial charge in [-0.2, -0.15) is 0 Å². The molecule has 0 aliphatic rings. The molecule has 0 aliphatic carbocycles. The molecule has 0 saturated heterocycles. The van der Waals surface area contributed by atoms with Crippen molar-refractivity contribution in [3.8, 4) is 0 Å². The van der Waals surface area contributed by atoms with Gasteiger partial charge in [-0.15, -0.1) is 0 Å². The average Bonchev–Trinajstić information content (AvgIpc) is 0. The van der Waals surface area contributed by atoms with Crippen LogP contribution in [-0.4, -0.2) is 17.4 Å². The van der Waals surface area contributed by atoms with E-state index in [2.05, 4.69) is 0 Å². The number of hydrogen-bond acceptors (Lipinski definition) is 0. The monoisotopic (exact) mass is 293 g/mol. The third-order valence-corrected chi connectivity index (χ3v) is 0. The van der Waals surface area contributed by atoms with Gasteiger partial charge in [0.15, 0.2) is 0 Å². The van der Waals surface area contributed by atoms with Crippen molar-refractivity contribution in [3.05, 3.63) is 0 Å². The Kier molecular flexibility index (Phi) is 1610. The first-order valence-corrected chi connectivity index (χ1v) is 0. The van der Waals surface area contributed by atoms with E-state index in [4.69, 9.17) is 0 Å². The number of rotatable bonds is 0. The zero-order valence-electron chi connectivity index (χ0n) is 3.20. The van der Waals surface area contributed by atoms with Crippen LogP contribution >= 0.6 is 0 Å². The molecule has 8 heteroatoms. The third kappa shape index (κ3) is 68.5. The van der Waals surface area contributed by atoms with Crippen LogP contribution in [0.5, 0.6) is 0 Å². The quantitative estimate of drug-likeness (QED) is 0.390. The van der Waals surface area contributed by atoms with E-state index in [1.54, 1.807) is 0 Å². The molecule has 8 heavy (non-hydrogen) atoms. The van der Waals surface area contributed by atoms with Crippen LogP contribution in [0, 0.1) is 0 Å². The van der Waals surface area contributed by atoms with Crippen LogP contribution in [0.4, 0.5) is 0 Å².